The van der Waals surface area contributed by atoms with Gasteiger partial charge in [-0.1, -0.05) is 41.2 Å². The van der Waals surface area contributed by atoms with Crippen LogP contribution in [0.1, 0.15) is 25.3 Å². The zero-order valence-electron chi connectivity index (χ0n) is 12.3. The Bertz CT molecular complexity index is 731. The first-order valence-electron chi connectivity index (χ1n) is 7.04. The summed E-state index contributed by atoms with van der Waals surface area (Å²) in [5.41, 5.74) is 0.989. The van der Waals surface area contributed by atoms with Crippen molar-refractivity contribution in [1.29, 1.82) is 0 Å². The lowest BCUT2D eigenvalue weighted by Gasteiger charge is -2.20. The maximum Gasteiger partial charge on any atom is 0.313 e. The lowest BCUT2D eigenvalue weighted by Crippen LogP contribution is -2.13. The van der Waals surface area contributed by atoms with Gasteiger partial charge in [-0.3, -0.25) is 4.79 Å². The average molecular weight is 351 g/mol. The van der Waals surface area contributed by atoms with Crippen LogP contribution in [0.5, 0.6) is 0 Å². The number of rotatable bonds is 3. The summed E-state index contributed by atoms with van der Waals surface area (Å²) in [7, 11) is 0. The Morgan fingerprint density at radius 1 is 1.09 bits per heavy atom. The molecule has 0 fully saturated rings. The van der Waals surface area contributed by atoms with E-state index in [1.807, 2.05) is 38.1 Å². The standard InChI is InChI=1S/C17H15ClO2S2/c1-3-20-17(19)10(2)11-4-6-13-15(8-11)21-14-7-5-12(18)9-16(14)22-13/h4-10H,3H2,1-2H3. The summed E-state index contributed by atoms with van der Waals surface area (Å²) in [5.74, 6) is -0.425. The molecule has 0 spiro atoms. The SMILES string of the molecule is CCOC(=O)C(C)c1ccc2c(c1)Sc1ccc(Cl)cc1S2. The molecule has 1 atom stereocenters. The highest BCUT2D eigenvalue weighted by molar-refractivity contribution is 8.05. The predicted molar refractivity (Wildman–Crippen MR) is 91.2 cm³/mol. The second-order valence-electron chi connectivity index (χ2n) is 4.98. The molecule has 0 radical (unpaired) electrons. The van der Waals surface area contributed by atoms with Crippen LogP contribution in [0.25, 0.3) is 0 Å². The van der Waals surface area contributed by atoms with Crippen molar-refractivity contribution < 1.29 is 9.53 Å². The van der Waals surface area contributed by atoms with Crippen molar-refractivity contribution in [2.45, 2.75) is 39.3 Å². The number of hydrogen-bond acceptors (Lipinski definition) is 4. The molecule has 1 heterocycles. The van der Waals surface area contributed by atoms with E-state index in [0.29, 0.717) is 6.61 Å². The van der Waals surface area contributed by atoms with Gasteiger partial charge >= 0.3 is 5.97 Å². The van der Waals surface area contributed by atoms with Crippen LogP contribution in [0.3, 0.4) is 0 Å². The van der Waals surface area contributed by atoms with E-state index in [1.165, 1.54) is 19.6 Å². The Labute approximate surface area is 143 Å². The van der Waals surface area contributed by atoms with Gasteiger partial charge in [0.15, 0.2) is 0 Å². The number of benzene rings is 2. The minimum Gasteiger partial charge on any atom is -0.466 e. The molecule has 0 aromatic heterocycles. The van der Waals surface area contributed by atoms with Gasteiger partial charge in [0.2, 0.25) is 0 Å². The molecule has 0 bridgehead atoms. The van der Waals surface area contributed by atoms with E-state index >= 15 is 0 Å². The lowest BCUT2D eigenvalue weighted by atomic mass is 10.0. The zero-order chi connectivity index (χ0) is 15.7. The smallest absolute Gasteiger partial charge is 0.313 e. The number of hydrogen-bond donors (Lipinski definition) is 0. The van der Waals surface area contributed by atoms with Crippen LogP contribution in [0.2, 0.25) is 5.02 Å². The molecule has 5 heteroatoms. The van der Waals surface area contributed by atoms with Crippen LogP contribution in [0.15, 0.2) is 56.0 Å². The molecule has 114 valence electrons. The molecule has 0 saturated heterocycles. The highest BCUT2D eigenvalue weighted by atomic mass is 35.5. The van der Waals surface area contributed by atoms with E-state index < -0.39 is 0 Å². The van der Waals surface area contributed by atoms with Crippen LogP contribution in [-0.2, 0) is 9.53 Å². The quantitative estimate of drug-likeness (QED) is 0.572. The fraction of sp³-hybridized carbons (Fsp3) is 0.235. The topological polar surface area (TPSA) is 26.3 Å². The maximum absolute atomic E-state index is 11.9. The van der Waals surface area contributed by atoms with E-state index in [-0.39, 0.29) is 11.9 Å². The summed E-state index contributed by atoms with van der Waals surface area (Å²) < 4.78 is 5.11. The van der Waals surface area contributed by atoms with E-state index in [4.69, 9.17) is 16.3 Å². The molecular formula is C17H15ClO2S2. The summed E-state index contributed by atoms with van der Waals surface area (Å²) in [4.78, 5) is 16.6. The van der Waals surface area contributed by atoms with E-state index in [9.17, 15) is 4.79 Å². The summed E-state index contributed by atoms with van der Waals surface area (Å²) >= 11 is 9.49. The summed E-state index contributed by atoms with van der Waals surface area (Å²) in [5, 5.41) is 0.753. The Morgan fingerprint density at radius 2 is 1.73 bits per heavy atom. The van der Waals surface area contributed by atoms with Crippen molar-refractivity contribution in [3.8, 4) is 0 Å². The number of halogens is 1. The van der Waals surface area contributed by atoms with Crippen LogP contribution in [-0.4, -0.2) is 12.6 Å². The third-order valence-electron chi connectivity index (χ3n) is 3.45. The molecule has 2 aromatic rings. The van der Waals surface area contributed by atoms with Gasteiger partial charge in [-0.05, 0) is 49.7 Å². The van der Waals surface area contributed by atoms with Crippen molar-refractivity contribution in [1.82, 2.24) is 0 Å². The van der Waals surface area contributed by atoms with Crippen molar-refractivity contribution in [3.05, 3.63) is 47.0 Å². The van der Waals surface area contributed by atoms with Crippen molar-refractivity contribution in [2.24, 2.45) is 0 Å². The number of esters is 1. The van der Waals surface area contributed by atoms with Crippen molar-refractivity contribution >= 4 is 41.1 Å². The van der Waals surface area contributed by atoms with Gasteiger partial charge in [-0.25, -0.2) is 0 Å². The molecule has 0 aliphatic carbocycles. The molecule has 2 aromatic carbocycles. The maximum atomic E-state index is 11.9. The van der Waals surface area contributed by atoms with Crippen molar-refractivity contribution in [3.63, 3.8) is 0 Å². The third-order valence-corrected chi connectivity index (χ3v) is 6.21. The molecule has 2 nitrogen and oxygen atoms in total. The van der Waals surface area contributed by atoms with Crippen molar-refractivity contribution in [2.75, 3.05) is 6.61 Å². The molecule has 1 aliphatic rings. The van der Waals surface area contributed by atoms with Gasteiger partial charge in [-0.2, -0.15) is 0 Å². The minimum absolute atomic E-state index is 0.178. The molecule has 0 amide bonds. The second kappa shape index (κ2) is 6.57. The highest BCUT2D eigenvalue weighted by Gasteiger charge is 2.21. The van der Waals surface area contributed by atoms with Gasteiger partial charge in [0.1, 0.15) is 0 Å². The van der Waals surface area contributed by atoms with Crippen LogP contribution in [0, 0.1) is 0 Å². The fourth-order valence-electron chi connectivity index (χ4n) is 2.24. The molecule has 22 heavy (non-hydrogen) atoms. The Balaban J connectivity index is 1.89. The first-order chi connectivity index (χ1) is 10.6. The van der Waals surface area contributed by atoms with Crippen LogP contribution >= 0.6 is 35.1 Å². The Hall–Kier alpha value is -1.10. The highest BCUT2D eigenvalue weighted by Crippen LogP contribution is 2.49. The Kier molecular flexibility index (Phi) is 4.71. The van der Waals surface area contributed by atoms with Crippen LogP contribution < -0.4 is 0 Å². The van der Waals surface area contributed by atoms with E-state index in [1.54, 1.807) is 23.5 Å². The molecular weight excluding hydrogens is 336 g/mol. The molecule has 0 saturated carbocycles. The minimum atomic E-state index is -0.248. The number of carbonyl (C=O) groups is 1. The van der Waals surface area contributed by atoms with E-state index in [2.05, 4.69) is 12.1 Å². The summed E-state index contributed by atoms with van der Waals surface area (Å²) in [6, 6.07) is 12.1. The number of carbonyl (C=O) groups excluding carboxylic acids is 1. The zero-order valence-corrected chi connectivity index (χ0v) is 14.6. The molecule has 3 rings (SSSR count). The van der Waals surface area contributed by atoms with Gasteiger partial charge in [0.25, 0.3) is 0 Å². The third kappa shape index (κ3) is 3.14. The summed E-state index contributed by atoms with van der Waals surface area (Å²) in [6.45, 7) is 4.12. The first kappa shape index (κ1) is 15.8. The van der Waals surface area contributed by atoms with Gasteiger partial charge in [0, 0.05) is 24.6 Å². The van der Waals surface area contributed by atoms with Gasteiger partial charge in [0.05, 0.1) is 12.5 Å². The lowest BCUT2D eigenvalue weighted by molar-refractivity contribution is -0.144. The summed E-state index contributed by atoms with van der Waals surface area (Å²) in [6.07, 6.45) is 0. The molecule has 0 N–H and O–H groups in total. The number of ether oxygens (including phenoxy) is 1. The average Bonchev–Trinajstić information content (AvgIpc) is 2.52. The fourth-order valence-corrected chi connectivity index (χ4v) is 4.76. The largest absolute Gasteiger partial charge is 0.466 e. The normalized spacial score (nSPS) is 14.0. The molecule has 1 unspecified atom stereocenters. The molecule has 1 aliphatic heterocycles. The van der Waals surface area contributed by atoms with Gasteiger partial charge < -0.3 is 4.74 Å². The Morgan fingerprint density at radius 3 is 2.41 bits per heavy atom. The number of fused-ring (bicyclic) bond motifs is 2. The first-order valence-corrected chi connectivity index (χ1v) is 9.05. The second-order valence-corrected chi connectivity index (χ2v) is 7.58. The predicted octanol–water partition coefficient (Wildman–Crippen LogP) is 5.62. The van der Waals surface area contributed by atoms with Crippen LogP contribution in [0.4, 0.5) is 0 Å². The van der Waals surface area contributed by atoms with Gasteiger partial charge in [-0.15, -0.1) is 0 Å². The van der Waals surface area contributed by atoms with E-state index in [0.717, 1.165) is 10.6 Å². The monoisotopic (exact) mass is 350 g/mol.